The minimum Gasteiger partial charge on any atom is -0.481 e. The first-order chi connectivity index (χ1) is 11.9. The Hall–Kier alpha value is -0.870. The monoisotopic (exact) mass is 354 g/mol. The van der Waals surface area contributed by atoms with Crippen LogP contribution in [0, 0.1) is 23.7 Å². The van der Waals surface area contributed by atoms with Crippen LogP contribution in [-0.2, 0) is 4.79 Å². The van der Waals surface area contributed by atoms with E-state index in [1.165, 1.54) is 0 Å². The third-order valence-corrected chi connectivity index (χ3v) is 5.72. The van der Waals surface area contributed by atoms with E-state index in [9.17, 15) is 20.1 Å². The molecule has 0 amide bonds. The number of rotatable bonds is 12. The summed E-state index contributed by atoms with van der Waals surface area (Å²) in [6, 6.07) is 0. The van der Waals surface area contributed by atoms with Crippen LogP contribution in [0.25, 0.3) is 0 Å². The summed E-state index contributed by atoms with van der Waals surface area (Å²) in [6.07, 6.45) is 11.0. The zero-order valence-corrected chi connectivity index (χ0v) is 16.2. The van der Waals surface area contributed by atoms with E-state index in [0.717, 1.165) is 44.9 Å². The van der Waals surface area contributed by atoms with Gasteiger partial charge in [-0.2, -0.15) is 0 Å². The van der Waals surface area contributed by atoms with Gasteiger partial charge in [-0.25, -0.2) is 0 Å². The summed E-state index contributed by atoms with van der Waals surface area (Å²) in [5, 5.41) is 30.3. The van der Waals surface area contributed by atoms with Gasteiger partial charge in [0.1, 0.15) is 0 Å². The highest BCUT2D eigenvalue weighted by Gasteiger charge is 2.45. The lowest BCUT2D eigenvalue weighted by molar-refractivity contribution is -0.146. The smallest absolute Gasteiger partial charge is 0.306 e. The quantitative estimate of drug-likeness (QED) is 0.359. The van der Waals surface area contributed by atoms with E-state index in [1.807, 2.05) is 12.2 Å². The van der Waals surface area contributed by atoms with Crippen molar-refractivity contribution in [2.45, 2.75) is 90.8 Å². The normalized spacial score (nSPS) is 29.2. The summed E-state index contributed by atoms with van der Waals surface area (Å²) in [6.45, 7) is 6.32. The molecule has 0 aromatic heterocycles. The fourth-order valence-electron chi connectivity index (χ4n) is 4.24. The van der Waals surface area contributed by atoms with Gasteiger partial charge in [0.2, 0.25) is 0 Å². The van der Waals surface area contributed by atoms with Gasteiger partial charge in [0.25, 0.3) is 0 Å². The Morgan fingerprint density at radius 2 is 1.72 bits per heavy atom. The number of hydrogen-bond acceptors (Lipinski definition) is 3. The Morgan fingerprint density at radius 1 is 1.12 bits per heavy atom. The molecule has 1 saturated carbocycles. The molecule has 1 fully saturated rings. The van der Waals surface area contributed by atoms with Gasteiger partial charge in [0, 0.05) is 5.92 Å². The first-order valence-corrected chi connectivity index (χ1v) is 10.2. The summed E-state index contributed by atoms with van der Waals surface area (Å²) < 4.78 is 0. The maximum atomic E-state index is 11.8. The molecular weight excluding hydrogens is 316 g/mol. The highest BCUT2D eigenvalue weighted by molar-refractivity contribution is 5.70. The van der Waals surface area contributed by atoms with E-state index in [1.54, 1.807) is 0 Å². The van der Waals surface area contributed by atoms with Gasteiger partial charge >= 0.3 is 5.97 Å². The maximum absolute atomic E-state index is 11.8. The van der Waals surface area contributed by atoms with Crippen LogP contribution in [-0.4, -0.2) is 33.5 Å². The summed E-state index contributed by atoms with van der Waals surface area (Å²) in [5.74, 6) is -1.27. The summed E-state index contributed by atoms with van der Waals surface area (Å²) in [4.78, 5) is 11.8. The van der Waals surface area contributed by atoms with Crippen molar-refractivity contribution in [2.75, 3.05) is 0 Å². The van der Waals surface area contributed by atoms with Gasteiger partial charge in [-0.3, -0.25) is 4.79 Å². The molecule has 0 bridgehead atoms. The molecule has 0 radical (unpaired) electrons. The van der Waals surface area contributed by atoms with E-state index in [4.69, 9.17) is 0 Å². The molecule has 1 unspecified atom stereocenters. The Labute approximate surface area is 153 Å². The largest absolute Gasteiger partial charge is 0.481 e. The van der Waals surface area contributed by atoms with Crippen molar-refractivity contribution in [1.29, 1.82) is 0 Å². The highest BCUT2D eigenvalue weighted by atomic mass is 16.4. The average Bonchev–Trinajstić information content (AvgIpc) is 2.83. The molecular formula is C21H38O4. The number of aliphatic hydroxyl groups is 2. The van der Waals surface area contributed by atoms with Crippen LogP contribution in [0.15, 0.2) is 12.2 Å². The molecule has 4 nitrogen and oxygen atoms in total. The van der Waals surface area contributed by atoms with Crippen LogP contribution in [0.3, 0.4) is 0 Å². The van der Waals surface area contributed by atoms with Crippen molar-refractivity contribution < 1.29 is 20.1 Å². The van der Waals surface area contributed by atoms with Crippen molar-refractivity contribution in [3.63, 3.8) is 0 Å². The van der Waals surface area contributed by atoms with Gasteiger partial charge in [0.15, 0.2) is 0 Å². The fraction of sp³-hybridized carbons (Fsp3) is 0.857. The van der Waals surface area contributed by atoms with Gasteiger partial charge in [-0.15, -0.1) is 0 Å². The molecule has 0 aliphatic heterocycles. The van der Waals surface area contributed by atoms with Crippen LogP contribution < -0.4 is 0 Å². The van der Waals surface area contributed by atoms with Crippen LogP contribution in [0.5, 0.6) is 0 Å². The second-order valence-corrected chi connectivity index (χ2v) is 7.82. The predicted octanol–water partition coefficient (Wildman–Crippen LogP) is 4.40. The number of carboxylic acid groups (broad SMARTS) is 1. The Morgan fingerprint density at radius 3 is 2.28 bits per heavy atom. The fourth-order valence-corrected chi connectivity index (χ4v) is 4.24. The maximum Gasteiger partial charge on any atom is 0.306 e. The molecule has 0 aromatic carbocycles. The van der Waals surface area contributed by atoms with Crippen LogP contribution in [0.2, 0.25) is 0 Å². The third-order valence-electron chi connectivity index (χ3n) is 5.72. The molecule has 0 heterocycles. The highest BCUT2D eigenvalue weighted by Crippen LogP contribution is 2.44. The number of carbonyl (C=O) groups is 1. The van der Waals surface area contributed by atoms with Crippen molar-refractivity contribution in [3.8, 4) is 0 Å². The van der Waals surface area contributed by atoms with E-state index in [-0.39, 0.29) is 17.8 Å². The summed E-state index contributed by atoms with van der Waals surface area (Å²) >= 11 is 0. The Kier molecular flexibility index (Phi) is 10.4. The molecule has 6 atom stereocenters. The standard InChI is InChI=1S/C21H38O4/c1-4-6-8-10-16(22)12-13-17-15(3)14-19(23)20(17)18(21(24)25)11-9-7-5-2/h12-13,15-20,22-23H,4-11,14H2,1-3H3,(H,24,25)/t15-,16+,17+,18?,19-,20-/m1/s1. The second-order valence-electron chi connectivity index (χ2n) is 7.82. The zero-order chi connectivity index (χ0) is 18.8. The number of unbranched alkanes of at least 4 members (excludes halogenated alkanes) is 4. The molecule has 3 N–H and O–H groups in total. The predicted molar refractivity (Wildman–Crippen MR) is 101 cm³/mol. The molecule has 4 heteroatoms. The van der Waals surface area contributed by atoms with Gasteiger partial charge in [0.05, 0.1) is 18.1 Å². The molecule has 146 valence electrons. The lowest BCUT2D eigenvalue weighted by Gasteiger charge is -2.28. The molecule has 25 heavy (non-hydrogen) atoms. The lowest BCUT2D eigenvalue weighted by atomic mass is 9.77. The average molecular weight is 355 g/mol. The number of aliphatic hydroxyl groups excluding tert-OH is 2. The first kappa shape index (κ1) is 22.2. The number of aliphatic carboxylic acids is 1. The van der Waals surface area contributed by atoms with E-state index >= 15 is 0 Å². The first-order valence-electron chi connectivity index (χ1n) is 10.2. The van der Waals surface area contributed by atoms with Crippen molar-refractivity contribution in [3.05, 3.63) is 12.2 Å². The minimum absolute atomic E-state index is 0.0264. The number of allylic oxidation sites excluding steroid dienone is 1. The lowest BCUT2D eigenvalue weighted by Crippen LogP contribution is -2.33. The van der Waals surface area contributed by atoms with Crippen LogP contribution in [0.4, 0.5) is 0 Å². The van der Waals surface area contributed by atoms with Crippen LogP contribution >= 0.6 is 0 Å². The van der Waals surface area contributed by atoms with E-state index in [0.29, 0.717) is 12.8 Å². The van der Waals surface area contributed by atoms with Crippen molar-refractivity contribution >= 4 is 5.97 Å². The molecule has 0 saturated heterocycles. The van der Waals surface area contributed by atoms with E-state index < -0.39 is 24.1 Å². The topological polar surface area (TPSA) is 77.8 Å². The van der Waals surface area contributed by atoms with Gasteiger partial charge in [-0.05, 0) is 31.1 Å². The zero-order valence-electron chi connectivity index (χ0n) is 16.2. The minimum atomic E-state index is -0.795. The van der Waals surface area contributed by atoms with Gasteiger partial charge in [-0.1, -0.05) is 71.4 Å². The summed E-state index contributed by atoms with van der Waals surface area (Å²) in [7, 11) is 0. The SMILES string of the molecule is CCCCCC(C(=O)O)[C@H]1[C@@H](C=C[C@@H](O)CCCCC)[C@H](C)C[C@H]1O. The summed E-state index contributed by atoms with van der Waals surface area (Å²) in [5.41, 5.74) is 0. The number of hydrogen-bond donors (Lipinski definition) is 3. The Balaban J connectivity index is 2.77. The van der Waals surface area contributed by atoms with Crippen molar-refractivity contribution in [1.82, 2.24) is 0 Å². The molecule has 1 aliphatic rings. The van der Waals surface area contributed by atoms with Gasteiger partial charge < -0.3 is 15.3 Å². The van der Waals surface area contributed by atoms with Crippen molar-refractivity contribution in [2.24, 2.45) is 23.7 Å². The molecule has 1 aliphatic carbocycles. The number of carboxylic acids is 1. The van der Waals surface area contributed by atoms with Crippen LogP contribution in [0.1, 0.15) is 78.6 Å². The molecule has 1 rings (SSSR count). The Bertz CT molecular complexity index is 407. The molecule has 0 aromatic rings. The molecule has 0 spiro atoms. The second kappa shape index (κ2) is 11.7. The third kappa shape index (κ3) is 7.10. The van der Waals surface area contributed by atoms with E-state index in [2.05, 4.69) is 20.8 Å².